The molecule has 1 aromatic rings. The molecule has 0 fully saturated rings. The van der Waals surface area contributed by atoms with Crippen molar-refractivity contribution in [1.29, 1.82) is 0 Å². The molecular formula is C11H14N4O. The number of hydrogen-bond acceptors (Lipinski definition) is 2. The van der Waals surface area contributed by atoms with E-state index < -0.39 is 0 Å². The molecule has 1 amide bonds. The van der Waals surface area contributed by atoms with Crippen molar-refractivity contribution in [2.45, 2.75) is 19.9 Å². The van der Waals surface area contributed by atoms with Crippen LogP contribution in [0, 0.1) is 6.92 Å². The summed E-state index contributed by atoms with van der Waals surface area (Å²) in [6, 6.07) is 7.83. The van der Waals surface area contributed by atoms with Gasteiger partial charge in [0.05, 0.1) is 6.04 Å². The van der Waals surface area contributed by atoms with Gasteiger partial charge in [-0.1, -0.05) is 34.9 Å². The molecule has 0 aliphatic heterocycles. The molecule has 1 unspecified atom stereocenters. The lowest BCUT2D eigenvalue weighted by Crippen LogP contribution is -2.28. The van der Waals surface area contributed by atoms with Gasteiger partial charge in [-0.05, 0) is 24.9 Å². The van der Waals surface area contributed by atoms with E-state index in [1.54, 1.807) is 0 Å². The van der Waals surface area contributed by atoms with Crippen LogP contribution < -0.4 is 5.32 Å². The Balaban J connectivity index is 2.58. The minimum atomic E-state index is -0.272. The van der Waals surface area contributed by atoms with Gasteiger partial charge in [0.2, 0.25) is 5.91 Å². The number of hydrogen-bond donors (Lipinski definition) is 1. The third kappa shape index (κ3) is 3.63. The Morgan fingerprint density at radius 1 is 1.50 bits per heavy atom. The molecule has 0 radical (unpaired) electrons. The van der Waals surface area contributed by atoms with Gasteiger partial charge in [-0.2, -0.15) is 0 Å². The van der Waals surface area contributed by atoms with Crippen molar-refractivity contribution < 1.29 is 4.79 Å². The van der Waals surface area contributed by atoms with Gasteiger partial charge in [0, 0.05) is 4.91 Å². The predicted molar refractivity (Wildman–Crippen MR) is 61.7 cm³/mol. The average Bonchev–Trinajstić information content (AvgIpc) is 2.27. The van der Waals surface area contributed by atoms with Gasteiger partial charge < -0.3 is 5.32 Å². The SMILES string of the molecule is Cc1ccc(C(C)NC(=O)CN=[N+]=[N-])cc1. The molecule has 1 N–H and O–H groups in total. The number of carbonyl (C=O) groups is 1. The van der Waals surface area contributed by atoms with Gasteiger partial charge in [-0.15, -0.1) is 0 Å². The highest BCUT2D eigenvalue weighted by Crippen LogP contribution is 2.12. The van der Waals surface area contributed by atoms with Crippen LogP contribution in [0.4, 0.5) is 0 Å². The van der Waals surface area contributed by atoms with Crippen molar-refractivity contribution in [1.82, 2.24) is 5.32 Å². The maximum atomic E-state index is 11.3. The zero-order valence-electron chi connectivity index (χ0n) is 9.34. The fourth-order valence-corrected chi connectivity index (χ4v) is 1.32. The minimum Gasteiger partial charge on any atom is -0.349 e. The van der Waals surface area contributed by atoms with Gasteiger partial charge >= 0.3 is 0 Å². The summed E-state index contributed by atoms with van der Waals surface area (Å²) in [6.45, 7) is 3.74. The Kier molecular flexibility index (Phi) is 4.36. The molecular weight excluding hydrogens is 204 g/mol. The summed E-state index contributed by atoms with van der Waals surface area (Å²) in [6.07, 6.45) is 0. The molecule has 0 bridgehead atoms. The highest BCUT2D eigenvalue weighted by atomic mass is 16.1. The Labute approximate surface area is 94.1 Å². The molecule has 0 saturated carbocycles. The second-order valence-corrected chi connectivity index (χ2v) is 3.59. The molecule has 0 saturated heterocycles. The molecule has 5 nitrogen and oxygen atoms in total. The number of benzene rings is 1. The van der Waals surface area contributed by atoms with Crippen LogP contribution in [-0.4, -0.2) is 12.5 Å². The Morgan fingerprint density at radius 2 is 2.12 bits per heavy atom. The van der Waals surface area contributed by atoms with E-state index >= 15 is 0 Å². The highest BCUT2D eigenvalue weighted by molar-refractivity contribution is 5.78. The van der Waals surface area contributed by atoms with E-state index in [1.165, 1.54) is 5.56 Å². The van der Waals surface area contributed by atoms with E-state index in [9.17, 15) is 4.79 Å². The molecule has 16 heavy (non-hydrogen) atoms. The number of amides is 1. The first-order valence-corrected chi connectivity index (χ1v) is 5.00. The summed E-state index contributed by atoms with van der Waals surface area (Å²) in [5, 5.41) is 5.95. The van der Waals surface area contributed by atoms with Crippen LogP contribution in [0.25, 0.3) is 10.4 Å². The topological polar surface area (TPSA) is 77.9 Å². The number of nitrogens with one attached hydrogen (secondary N) is 1. The first kappa shape index (κ1) is 12.1. The Morgan fingerprint density at radius 3 is 2.69 bits per heavy atom. The Hall–Kier alpha value is -2.00. The first-order valence-electron chi connectivity index (χ1n) is 5.00. The van der Waals surface area contributed by atoms with Crippen LogP contribution in [0.15, 0.2) is 29.4 Å². The van der Waals surface area contributed by atoms with Crippen LogP contribution in [0.2, 0.25) is 0 Å². The zero-order chi connectivity index (χ0) is 12.0. The van der Waals surface area contributed by atoms with Crippen molar-refractivity contribution in [2.24, 2.45) is 5.11 Å². The maximum absolute atomic E-state index is 11.3. The Bertz CT molecular complexity index is 406. The van der Waals surface area contributed by atoms with E-state index in [-0.39, 0.29) is 18.5 Å². The van der Waals surface area contributed by atoms with Crippen molar-refractivity contribution in [3.8, 4) is 0 Å². The molecule has 84 valence electrons. The lowest BCUT2D eigenvalue weighted by molar-refractivity contribution is -0.120. The first-order chi connectivity index (χ1) is 7.63. The van der Waals surface area contributed by atoms with Gasteiger partial charge in [-0.25, -0.2) is 0 Å². The monoisotopic (exact) mass is 218 g/mol. The minimum absolute atomic E-state index is 0.0815. The summed E-state index contributed by atoms with van der Waals surface area (Å²) < 4.78 is 0. The molecule has 5 heteroatoms. The smallest absolute Gasteiger partial charge is 0.226 e. The molecule has 1 atom stereocenters. The average molecular weight is 218 g/mol. The third-order valence-corrected chi connectivity index (χ3v) is 2.23. The van der Waals surface area contributed by atoms with Crippen LogP contribution in [0.5, 0.6) is 0 Å². The lowest BCUT2D eigenvalue weighted by Gasteiger charge is -2.13. The van der Waals surface area contributed by atoms with Gasteiger partial charge in [0.1, 0.15) is 6.54 Å². The fourth-order valence-electron chi connectivity index (χ4n) is 1.32. The summed E-state index contributed by atoms with van der Waals surface area (Å²) >= 11 is 0. The molecule has 0 heterocycles. The van der Waals surface area contributed by atoms with E-state index in [1.807, 2.05) is 38.1 Å². The number of nitrogens with zero attached hydrogens (tertiary/aromatic N) is 3. The second-order valence-electron chi connectivity index (χ2n) is 3.59. The van der Waals surface area contributed by atoms with Crippen LogP contribution in [-0.2, 0) is 4.79 Å². The molecule has 1 rings (SSSR count). The number of aryl methyl sites for hydroxylation is 1. The molecule has 1 aromatic carbocycles. The van der Waals surface area contributed by atoms with Crippen LogP contribution >= 0.6 is 0 Å². The summed E-state index contributed by atoms with van der Waals surface area (Å²) in [7, 11) is 0. The van der Waals surface area contributed by atoms with Crippen LogP contribution in [0.1, 0.15) is 24.1 Å². The van der Waals surface area contributed by atoms with E-state index in [4.69, 9.17) is 5.53 Å². The van der Waals surface area contributed by atoms with Gasteiger partial charge in [0.25, 0.3) is 0 Å². The van der Waals surface area contributed by atoms with E-state index in [2.05, 4.69) is 15.3 Å². The number of carbonyl (C=O) groups excluding carboxylic acids is 1. The quantitative estimate of drug-likeness (QED) is 0.470. The predicted octanol–water partition coefficient (Wildman–Crippen LogP) is 2.48. The molecule has 0 aliphatic carbocycles. The van der Waals surface area contributed by atoms with Crippen LogP contribution in [0.3, 0.4) is 0 Å². The summed E-state index contributed by atoms with van der Waals surface area (Å²) in [5.41, 5.74) is 10.3. The van der Waals surface area contributed by atoms with E-state index in [0.717, 1.165) is 5.56 Å². The van der Waals surface area contributed by atoms with Crippen molar-refractivity contribution in [3.05, 3.63) is 45.8 Å². The normalized spacial score (nSPS) is 11.4. The maximum Gasteiger partial charge on any atom is 0.226 e. The molecule has 0 aromatic heterocycles. The van der Waals surface area contributed by atoms with E-state index in [0.29, 0.717) is 0 Å². The third-order valence-electron chi connectivity index (χ3n) is 2.23. The zero-order valence-corrected chi connectivity index (χ0v) is 9.34. The molecule has 0 aliphatic rings. The number of rotatable bonds is 4. The van der Waals surface area contributed by atoms with Gasteiger partial charge in [-0.3, -0.25) is 4.79 Å². The standard InChI is InChI=1S/C11H14N4O/c1-8-3-5-10(6-4-8)9(2)14-11(16)7-13-15-12/h3-6,9H,7H2,1-2H3,(H,14,16). The summed E-state index contributed by atoms with van der Waals surface area (Å²) in [5.74, 6) is -0.272. The number of azide groups is 1. The highest BCUT2D eigenvalue weighted by Gasteiger charge is 2.07. The largest absolute Gasteiger partial charge is 0.349 e. The second kappa shape index (κ2) is 5.78. The van der Waals surface area contributed by atoms with Crippen molar-refractivity contribution in [3.63, 3.8) is 0 Å². The van der Waals surface area contributed by atoms with Gasteiger partial charge in [0.15, 0.2) is 0 Å². The van der Waals surface area contributed by atoms with Crippen molar-refractivity contribution in [2.75, 3.05) is 6.54 Å². The van der Waals surface area contributed by atoms with Crippen molar-refractivity contribution >= 4 is 5.91 Å². The molecule has 0 spiro atoms. The summed E-state index contributed by atoms with van der Waals surface area (Å²) in [4.78, 5) is 13.8. The lowest BCUT2D eigenvalue weighted by atomic mass is 10.1. The fraction of sp³-hybridized carbons (Fsp3) is 0.364.